The van der Waals surface area contributed by atoms with Crippen molar-refractivity contribution in [2.24, 2.45) is 5.14 Å². The molecule has 4 heteroatoms. The minimum absolute atomic E-state index is 0.256. The number of hydrogen-bond acceptors (Lipinski definition) is 3. The summed E-state index contributed by atoms with van der Waals surface area (Å²) in [7, 11) is 0. The number of fused-ring (bicyclic) bond motifs is 1. The third-order valence-electron chi connectivity index (χ3n) is 3.25. The summed E-state index contributed by atoms with van der Waals surface area (Å²) in [6.45, 7) is 6.16. The first-order valence-electron chi connectivity index (χ1n) is 5.77. The molecule has 94 valence electrons. The maximum atomic E-state index is 13.2. The third-order valence-corrected chi connectivity index (χ3v) is 4.01. The molecule has 0 spiro atoms. The van der Waals surface area contributed by atoms with Crippen molar-refractivity contribution in [3.8, 4) is 5.75 Å². The van der Waals surface area contributed by atoms with Crippen molar-refractivity contribution >= 4 is 11.9 Å². The Morgan fingerprint density at radius 2 is 2.24 bits per heavy atom. The Hall–Kier alpha value is -0.740. The van der Waals surface area contributed by atoms with Gasteiger partial charge in [0.2, 0.25) is 0 Å². The summed E-state index contributed by atoms with van der Waals surface area (Å²) < 4.78 is 19.1. The van der Waals surface area contributed by atoms with Crippen LogP contribution in [-0.2, 0) is 0 Å². The number of ether oxygens (including phenoxy) is 1. The molecule has 2 atom stereocenters. The zero-order chi connectivity index (χ0) is 12.6. The lowest BCUT2D eigenvalue weighted by Gasteiger charge is -2.39. The van der Waals surface area contributed by atoms with Crippen LogP contribution in [0.5, 0.6) is 5.75 Å². The Bertz CT molecular complexity index is 422. The van der Waals surface area contributed by atoms with Gasteiger partial charge in [-0.15, -0.1) is 0 Å². The summed E-state index contributed by atoms with van der Waals surface area (Å²) >= 11 is 1.35. The van der Waals surface area contributed by atoms with Crippen LogP contribution in [0.2, 0.25) is 0 Å². The SMILES string of the molecule is CC(SN)C1CC(C)(C)Oc2cc(F)ccc21. The first-order chi connectivity index (χ1) is 7.93. The van der Waals surface area contributed by atoms with Gasteiger partial charge < -0.3 is 4.74 Å². The van der Waals surface area contributed by atoms with Gasteiger partial charge in [-0.2, -0.15) is 0 Å². The van der Waals surface area contributed by atoms with E-state index in [4.69, 9.17) is 9.88 Å². The number of halogens is 1. The quantitative estimate of drug-likeness (QED) is 0.822. The molecule has 1 aliphatic heterocycles. The molecule has 0 bridgehead atoms. The lowest BCUT2D eigenvalue weighted by atomic mass is 9.82. The summed E-state index contributed by atoms with van der Waals surface area (Å²) in [6.07, 6.45) is 0.900. The van der Waals surface area contributed by atoms with Crippen LogP contribution in [0, 0.1) is 5.82 Å². The first kappa shape index (κ1) is 12.7. The molecule has 1 aromatic rings. The summed E-state index contributed by atoms with van der Waals surface area (Å²) in [4.78, 5) is 0. The lowest BCUT2D eigenvalue weighted by molar-refractivity contribution is 0.0716. The second kappa shape index (κ2) is 4.50. The van der Waals surface area contributed by atoms with Gasteiger partial charge in [0.15, 0.2) is 0 Å². The second-order valence-corrected chi connectivity index (χ2v) is 6.21. The van der Waals surface area contributed by atoms with Gasteiger partial charge >= 0.3 is 0 Å². The molecule has 0 saturated heterocycles. The highest BCUT2D eigenvalue weighted by atomic mass is 32.2. The van der Waals surface area contributed by atoms with Crippen LogP contribution in [0.3, 0.4) is 0 Å². The molecule has 0 radical (unpaired) electrons. The molecule has 2 rings (SSSR count). The third kappa shape index (κ3) is 2.58. The predicted octanol–water partition coefficient (Wildman–Crippen LogP) is 3.47. The minimum atomic E-state index is -0.268. The zero-order valence-electron chi connectivity index (χ0n) is 10.4. The van der Waals surface area contributed by atoms with Gasteiger partial charge in [-0.1, -0.05) is 24.9 Å². The van der Waals surface area contributed by atoms with Crippen LogP contribution in [-0.4, -0.2) is 10.9 Å². The van der Waals surface area contributed by atoms with E-state index < -0.39 is 0 Å². The van der Waals surface area contributed by atoms with E-state index in [1.165, 1.54) is 24.1 Å². The zero-order valence-corrected chi connectivity index (χ0v) is 11.2. The molecule has 0 amide bonds. The van der Waals surface area contributed by atoms with E-state index in [0.717, 1.165) is 12.0 Å². The highest BCUT2D eigenvalue weighted by Crippen LogP contribution is 2.44. The van der Waals surface area contributed by atoms with Gasteiger partial charge in [-0.25, -0.2) is 4.39 Å². The fourth-order valence-corrected chi connectivity index (χ4v) is 2.83. The summed E-state index contributed by atoms with van der Waals surface area (Å²) in [5.74, 6) is 0.713. The van der Waals surface area contributed by atoms with Crippen LogP contribution >= 0.6 is 11.9 Å². The number of nitrogens with two attached hydrogens (primary N) is 1. The van der Waals surface area contributed by atoms with Crippen LogP contribution in [0.15, 0.2) is 18.2 Å². The summed E-state index contributed by atoms with van der Waals surface area (Å²) in [6, 6.07) is 4.77. The van der Waals surface area contributed by atoms with E-state index >= 15 is 0 Å². The maximum Gasteiger partial charge on any atom is 0.126 e. The van der Waals surface area contributed by atoms with E-state index in [-0.39, 0.29) is 11.4 Å². The first-order valence-corrected chi connectivity index (χ1v) is 6.71. The predicted molar refractivity (Wildman–Crippen MR) is 69.7 cm³/mol. The lowest BCUT2D eigenvalue weighted by Crippen LogP contribution is -2.37. The normalized spacial score (nSPS) is 23.7. The molecule has 0 fully saturated rings. The molecular formula is C13H18FNOS. The topological polar surface area (TPSA) is 35.2 Å². The Kier molecular flexibility index (Phi) is 3.36. The van der Waals surface area contributed by atoms with Gasteiger partial charge in [0.05, 0.1) is 0 Å². The number of hydrogen-bond donors (Lipinski definition) is 1. The summed E-state index contributed by atoms with van der Waals surface area (Å²) in [5.41, 5.74) is 0.798. The van der Waals surface area contributed by atoms with E-state index in [9.17, 15) is 4.39 Å². The molecule has 1 aliphatic rings. The van der Waals surface area contributed by atoms with E-state index in [0.29, 0.717) is 16.9 Å². The fraction of sp³-hybridized carbons (Fsp3) is 0.538. The molecule has 2 unspecified atom stereocenters. The van der Waals surface area contributed by atoms with Crippen molar-refractivity contribution in [1.82, 2.24) is 0 Å². The monoisotopic (exact) mass is 255 g/mol. The van der Waals surface area contributed by atoms with E-state index in [2.05, 4.69) is 6.92 Å². The number of benzene rings is 1. The Labute approximate surface area is 106 Å². The largest absolute Gasteiger partial charge is 0.487 e. The molecular weight excluding hydrogens is 237 g/mol. The summed E-state index contributed by atoms with van der Waals surface area (Å²) in [5, 5.41) is 5.97. The molecule has 2 N–H and O–H groups in total. The van der Waals surface area contributed by atoms with Crippen LogP contribution in [0.25, 0.3) is 0 Å². The minimum Gasteiger partial charge on any atom is -0.487 e. The van der Waals surface area contributed by atoms with Crippen molar-refractivity contribution in [2.45, 2.75) is 44.0 Å². The van der Waals surface area contributed by atoms with Gasteiger partial charge in [-0.3, -0.25) is 5.14 Å². The van der Waals surface area contributed by atoms with Gasteiger partial charge in [0, 0.05) is 17.2 Å². The standard InChI is InChI=1S/C13H18FNOS/c1-8(17-15)11-7-13(2,3)16-12-6-9(14)4-5-10(11)12/h4-6,8,11H,7,15H2,1-3H3. The molecule has 0 saturated carbocycles. The van der Waals surface area contributed by atoms with Crippen molar-refractivity contribution < 1.29 is 9.13 Å². The van der Waals surface area contributed by atoms with Crippen LogP contribution in [0.4, 0.5) is 4.39 Å². The molecule has 2 nitrogen and oxygen atoms in total. The maximum absolute atomic E-state index is 13.2. The molecule has 1 aromatic carbocycles. The van der Waals surface area contributed by atoms with Crippen molar-refractivity contribution in [2.75, 3.05) is 0 Å². The van der Waals surface area contributed by atoms with Crippen LogP contribution in [0.1, 0.15) is 38.7 Å². The average molecular weight is 255 g/mol. The fourth-order valence-electron chi connectivity index (χ4n) is 2.40. The Morgan fingerprint density at radius 1 is 1.53 bits per heavy atom. The van der Waals surface area contributed by atoms with Crippen molar-refractivity contribution in [3.05, 3.63) is 29.6 Å². The van der Waals surface area contributed by atoms with Gasteiger partial charge in [0.1, 0.15) is 17.2 Å². The van der Waals surface area contributed by atoms with Crippen LogP contribution < -0.4 is 9.88 Å². The van der Waals surface area contributed by atoms with Crippen molar-refractivity contribution in [1.29, 1.82) is 0 Å². The van der Waals surface area contributed by atoms with E-state index in [1.54, 1.807) is 0 Å². The highest BCUT2D eigenvalue weighted by Gasteiger charge is 2.36. The second-order valence-electron chi connectivity index (χ2n) is 5.20. The smallest absolute Gasteiger partial charge is 0.126 e. The van der Waals surface area contributed by atoms with E-state index in [1.807, 2.05) is 19.9 Å². The molecule has 0 aliphatic carbocycles. The molecule has 1 heterocycles. The van der Waals surface area contributed by atoms with Crippen molar-refractivity contribution in [3.63, 3.8) is 0 Å². The molecule has 0 aromatic heterocycles. The number of rotatable bonds is 2. The van der Waals surface area contributed by atoms with Gasteiger partial charge in [-0.05, 0) is 31.9 Å². The molecule has 17 heavy (non-hydrogen) atoms. The van der Waals surface area contributed by atoms with Gasteiger partial charge in [0.25, 0.3) is 0 Å². The highest BCUT2D eigenvalue weighted by molar-refractivity contribution is 7.97. The Morgan fingerprint density at radius 3 is 2.88 bits per heavy atom. The average Bonchev–Trinajstić information content (AvgIpc) is 2.25. The Balaban J connectivity index is 2.43.